The lowest BCUT2D eigenvalue weighted by atomic mass is 10.0. The molecule has 0 saturated heterocycles. The fourth-order valence-corrected chi connectivity index (χ4v) is 3.89. The van der Waals surface area contributed by atoms with E-state index >= 15 is 0 Å². The summed E-state index contributed by atoms with van der Waals surface area (Å²) in [5.74, 6) is 2.05. The molecule has 7 heteroatoms. The van der Waals surface area contributed by atoms with E-state index in [2.05, 4.69) is 16.3 Å². The molecule has 6 nitrogen and oxygen atoms in total. The summed E-state index contributed by atoms with van der Waals surface area (Å²) in [5, 5.41) is 9.21. The van der Waals surface area contributed by atoms with Crippen LogP contribution in [0, 0.1) is 6.92 Å². The van der Waals surface area contributed by atoms with Gasteiger partial charge in [-0.25, -0.2) is 0 Å². The van der Waals surface area contributed by atoms with E-state index < -0.39 is 0 Å². The molecule has 3 rings (SSSR count). The second kappa shape index (κ2) is 7.91. The van der Waals surface area contributed by atoms with Crippen molar-refractivity contribution in [3.8, 4) is 11.4 Å². The summed E-state index contributed by atoms with van der Waals surface area (Å²) in [7, 11) is 1.91. The SMILES string of the molecule is CCN(C(=O)CSc1nnc(-c2ccoc2C)n1C)C1=CCCCC1. The highest BCUT2D eigenvalue weighted by atomic mass is 32.2. The number of carbonyl (C=O) groups excluding carboxylic acids is 1. The van der Waals surface area contributed by atoms with Crippen LogP contribution in [0.25, 0.3) is 11.4 Å². The molecule has 2 aromatic rings. The molecule has 0 saturated carbocycles. The highest BCUT2D eigenvalue weighted by Crippen LogP contribution is 2.27. The number of aromatic nitrogens is 3. The topological polar surface area (TPSA) is 64.2 Å². The lowest BCUT2D eigenvalue weighted by Gasteiger charge is -2.26. The normalized spacial score (nSPS) is 14.4. The standard InChI is InChI=1S/C18H24N4O2S/c1-4-22(14-8-6-5-7-9-14)16(23)12-25-18-20-19-17(21(18)3)15-10-11-24-13(15)2/h8,10-11H,4-7,9,12H2,1-3H3. The molecular weight excluding hydrogens is 336 g/mol. The number of hydrogen-bond donors (Lipinski definition) is 0. The Kier molecular flexibility index (Phi) is 5.63. The zero-order valence-corrected chi connectivity index (χ0v) is 15.8. The molecule has 0 unspecified atom stereocenters. The summed E-state index contributed by atoms with van der Waals surface area (Å²) in [5.41, 5.74) is 2.10. The maximum atomic E-state index is 12.6. The van der Waals surface area contributed by atoms with Crippen molar-refractivity contribution >= 4 is 17.7 Å². The molecule has 2 aromatic heterocycles. The number of thioether (sulfide) groups is 1. The predicted molar refractivity (Wildman–Crippen MR) is 98.1 cm³/mol. The number of furan rings is 1. The van der Waals surface area contributed by atoms with E-state index in [-0.39, 0.29) is 5.91 Å². The molecule has 0 aliphatic heterocycles. The number of allylic oxidation sites excluding steroid dienone is 2. The van der Waals surface area contributed by atoms with Crippen LogP contribution in [-0.4, -0.2) is 37.9 Å². The predicted octanol–water partition coefficient (Wildman–Crippen LogP) is 3.78. The van der Waals surface area contributed by atoms with Gasteiger partial charge in [-0.15, -0.1) is 10.2 Å². The average Bonchev–Trinajstić information content (AvgIpc) is 3.20. The number of nitrogens with zero attached hydrogens (tertiary/aromatic N) is 4. The molecule has 0 spiro atoms. The summed E-state index contributed by atoms with van der Waals surface area (Å²) in [6.45, 7) is 4.64. The van der Waals surface area contributed by atoms with Crippen LogP contribution in [-0.2, 0) is 11.8 Å². The Morgan fingerprint density at radius 2 is 2.24 bits per heavy atom. The van der Waals surface area contributed by atoms with Crippen LogP contribution in [0.2, 0.25) is 0 Å². The zero-order chi connectivity index (χ0) is 17.8. The second-order valence-corrected chi connectivity index (χ2v) is 7.07. The van der Waals surface area contributed by atoms with Gasteiger partial charge in [0.1, 0.15) is 5.76 Å². The molecule has 0 radical (unpaired) electrons. The molecule has 1 amide bonds. The van der Waals surface area contributed by atoms with E-state index in [4.69, 9.17) is 4.42 Å². The lowest BCUT2D eigenvalue weighted by molar-refractivity contribution is -0.126. The molecule has 0 fully saturated rings. The van der Waals surface area contributed by atoms with Gasteiger partial charge in [0.25, 0.3) is 0 Å². The van der Waals surface area contributed by atoms with Gasteiger partial charge in [0.2, 0.25) is 5.91 Å². The smallest absolute Gasteiger partial charge is 0.237 e. The van der Waals surface area contributed by atoms with Crippen molar-refractivity contribution in [3.63, 3.8) is 0 Å². The first-order chi connectivity index (χ1) is 12.1. The molecule has 1 aliphatic carbocycles. The largest absolute Gasteiger partial charge is 0.469 e. The number of amides is 1. The van der Waals surface area contributed by atoms with Gasteiger partial charge in [-0.3, -0.25) is 4.79 Å². The van der Waals surface area contributed by atoms with E-state index in [1.54, 1.807) is 6.26 Å². The second-order valence-electron chi connectivity index (χ2n) is 6.12. The van der Waals surface area contributed by atoms with Crippen LogP contribution in [0.15, 0.2) is 33.7 Å². The number of rotatable bonds is 6. The van der Waals surface area contributed by atoms with Crippen molar-refractivity contribution in [3.05, 3.63) is 29.9 Å². The Bertz CT molecular complexity index is 778. The van der Waals surface area contributed by atoms with Gasteiger partial charge in [-0.05, 0) is 45.6 Å². The maximum Gasteiger partial charge on any atom is 0.237 e. The third-order valence-corrected chi connectivity index (χ3v) is 5.50. The van der Waals surface area contributed by atoms with Gasteiger partial charge in [0.05, 0.1) is 17.6 Å². The van der Waals surface area contributed by atoms with Crippen molar-refractivity contribution in [1.29, 1.82) is 0 Å². The molecule has 2 heterocycles. The monoisotopic (exact) mass is 360 g/mol. The average molecular weight is 360 g/mol. The van der Waals surface area contributed by atoms with Gasteiger partial charge in [-0.2, -0.15) is 0 Å². The van der Waals surface area contributed by atoms with Crippen molar-refractivity contribution in [2.45, 2.75) is 44.7 Å². The quantitative estimate of drug-likeness (QED) is 0.734. The first-order valence-electron chi connectivity index (χ1n) is 8.67. The minimum absolute atomic E-state index is 0.129. The minimum atomic E-state index is 0.129. The summed E-state index contributed by atoms with van der Waals surface area (Å²) in [6, 6.07) is 1.88. The molecule has 0 atom stereocenters. The Balaban J connectivity index is 1.67. The van der Waals surface area contributed by atoms with Crippen molar-refractivity contribution in [2.75, 3.05) is 12.3 Å². The third-order valence-electron chi connectivity index (χ3n) is 4.49. The fourth-order valence-electron chi connectivity index (χ4n) is 3.10. The molecular formula is C18H24N4O2S. The summed E-state index contributed by atoms with van der Waals surface area (Å²) >= 11 is 1.43. The summed E-state index contributed by atoms with van der Waals surface area (Å²) in [4.78, 5) is 14.5. The highest BCUT2D eigenvalue weighted by Gasteiger charge is 2.20. The van der Waals surface area contributed by atoms with Gasteiger partial charge in [-0.1, -0.05) is 17.8 Å². The summed E-state index contributed by atoms with van der Waals surface area (Å²) < 4.78 is 7.25. The van der Waals surface area contributed by atoms with Crippen molar-refractivity contribution in [1.82, 2.24) is 19.7 Å². The molecule has 25 heavy (non-hydrogen) atoms. The first kappa shape index (κ1) is 17.8. The van der Waals surface area contributed by atoms with E-state index in [1.165, 1.54) is 30.3 Å². The minimum Gasteiger partial charge on any atom is -0.469 e. The number of carbonyl (C=O) groups is 1. The Labute approximate surface area is 152 Å². The van der Waals surface area contributed by atoms with E-state index in [9.17, 15) is 4.79 Å². The van der Waals surface area contributed by atoms with E-state index in [0.29, 0.717) is 12.3 Å². The van der Waals surface area contributed by atoms with Crippen LogP contribution < -0.4 is 0 Å². The molecule has 0 N–H and O–H groups in total. The van der Waals surface area contributed by atoms with Crippen molar-refractivity contribution in [2.24, 2.45) is 7.05 Å². The molecule has 134 valence electrons. The zero-order valence-electron chi connectivity index (χ0n) is 15.0. The van der Waals surface area contributed by atoms with Gasteiger partial charge >= 0.3 is 0 Å². The fraction of sp³-hybridized carbons (Fsp3) is 0.500. The van der Waals surface area contributed by atoms with Crippen LogP contribution in [0.4, 0.5) is 0 Å². The van der Waals surface area contributed by atoms with Gasteiger partial charge in [0, 0.05) is 19.3 Å². The molecule has 1 aliphatic rings. The molecule has 0 bridgehead atoms. The lowest BCUT2D eigenvalue weighted by Crippen LogP contribution is -2.32. The highest BCUT2D eigenvalue weighted by molar-refractivity contribution is 7.99. The number of hydrogen-bond acceptors (Lipinski definition) is 5. The van der Waals surface area contributed by atoms with Gasteiger partial charge in [0.15, 0.2) is 11.0 Å². The van der Waals surface area contributed by atoms with Gasteiger partial charge < -0.3 is 13.9 Å². The third kappa shape index (κ3) is 3.81. The maximum absolute atomic E-state index is 12.6. The van der Waals surface area contributed by atoms with Crippen molar-refractivity contribution < 1.29 is 9.21 Å². The molecule has 0 aromatic carbocycles. The van der Waals surface area contributed by atoms with E-state index in [1.807, 2.05) is 36.4 Å². The Morgan fingerprint density at radius 1 is 1.40 bits per heavy atom. The van der Waals surface area contributed by atoms with Crippen LogP contribution in [0.3, 0.4) is 0 Å². The Morgan fingerprint density at radius 3 is 2.88 bits per heavy atom. The van der Waals surface area contributed by atoms with E-state index in [0.717, 1.165) is 35.1 Å². The van der Waals surface area contributed by atoms with Crippen LogP contribution in [0.5, 0.6) is 0 Å². The Hall–Kier alpha value is -2.02. The summed E-state index contributed by atoms with van der Waals surface area (Å²) in [6.07, 6.45) is 8.31. The van der Waals surface area contributed by atoms with Crippen LogP contribution >= 0.6 is 11.8 Å². The first-order valence-corrected chi connectivity index (χ1v) is 9.66. The number of aryl methyl sites for hydroxylation is 1. The van der Waals surface area contributed by atoms with Crippen LogP contribution in [0.1, 0.15) is 38.4 Å².